The van der Waals surface area contributed by atoms with Crippen molar-refractivity contribution in [3.63, 3.8) is 0 Å². The second-order valence-electron chi connectivity index (χ2n) is 6.42. The molecular weight excluding hydrogens is 412 g/mol. The largest absolute Gasteiger partial charge is 0.463 e. The molecule has 0 unspecified atom stereocenters. The van der Waals surface area contributed by atoms with Gasteiger partial charge in [-0.15, -0.1) is 22.7 Å². The number of aryl methyl sites for hydroxylation is 2. The summed E-state index contributed by atoms with van der Waals surface area (Å²) in [5.41, 5.74) is 2.11. The third-order valence-corrected chi connectivity index (χ3v) is 7.53. The molecule has 0 aromatic carbocycles. The Kier molecular flexibility index (Phi) is 4.87. The van der Waals surface area contributed by atoms with E-state index in [0.29, 0.717) is 10.9 Å². The molecule has 0 saturated heterocycles. The second-order valence-corrected chi connectivity index (χ2v) is 9.33. The fourth-order valence-corrected chi connectivity index (χ4v) is 6.16. The highest BCUT2D eigenvalue weighted by molar-refractivity contribution is 8.00. The Bertz CT molecular complexity index is 1130. The van der Waals surface area contributed by atoms with E-state index in [9.17, 15) is 4.79 Å². The Morgan fingerprint density at radius 2 is 2.21 bits per heavy atom. The van der Waals surface area contributed by atoms with Gasteiger partial charge in [0.2, 0.25) is 5.91 Å². The van der Waals surface area contributed by atoms with Crippen molar-refractivity contribution in [1.29, 1.82) is 0 Å². The van der Waals surface area contributed by atoms with Crippen molar-refractivity contribution in [3.05, 3.63) is 40.5 Å². The molecule has 0 fully saturated rings. The number of furan rings is 1. The molecule has 0 saturated carbocycles. The number of anilines is 1. The average Bonchev–Trinajstić information content (AvgIpc) is 3.45. The fourth-order valence-electron chi connectivity index (χ4n) is 3.33. The number of nitrogens with zero attached hydrogens (tertiary/aromatic N) is 3. The van der Waals surface area contributed by atoms with Gasteiger partial charge in [0, 0.05) is 15.6 Å². The third-order valence-electron chi connectivity index (χ3n) is 4.58. The maximum absolute atomic E-state index is 12.4. The minimum atomic E-state index is -0.0961. The van der Waals surface area contributed by atoms with Gasteiger partial charge in [-0.3, -0.25) is 4.79 Å². The molecule has 0 bridgehead atoms. The van der Waals surface area contributed by atoms with Gasteiger partial charge in [0.1, 0.15) is 21.9 Å². The van der Waals surface area contributed by atoms with Crippen LogP contribution in [-0.4, -0.2) is 26.6 Å². The lowest BCUT2D eigenvalue weighted by atomic mass is 9.97. The van der Waals surface area contributed by atoms with Crippen LogP contribution >= 0.6 is 34.4 Å². The topological polar surface area (TPSA) is 80.9 Å². The molecule has 1 aliphatic rings. The third kappa shape index (κ3) is 3.45. The first-order valence-electron chi connectivity index (χ1n) is 8.95. The number of thioether (sulfide) groups is 1. The minimum absolute atomic E-state index is 0.0961. The van der Waals surface area contributed by atoms with Gasteiger partial charge >= 0.3 is 0 Å². The molecule has 4 aromatic heterocycles. The quantitative estimate of drug-likeness (QED) is 0.355. The Labute approximate surface area is 173 Å². The highest BCUT2D eigenvalue weighted by Gasteiger charge is 2.20. The number of nitrogens with one attached hydrogen (secondary N) is 1. The molecule has 1 aliphatic carbocycles. The molecule has 142 valence electrons. The summed E-state index contributed by atoms with van der Waals surface area (Å²) in [6, 6.07) is 3.66. The number of thiazole rings is 1. The predicted octanol–water partition coefficient (Wildman–Crippen LogP) is 5.02. The van der Waals surface area contributed by atoms with Gasteiger partial charge in [-0.25, -0.2) is 15.0 Å². The van der Waals surface area contributed by atoms with Gasteiger partial charge in [0.15, 0.2) is 10.9 Å². The van der Waals surface area contributed by atoms with E-state index in [4.69, 9.17) is 4.42 Å². The van der Waals surface area contributed by atoms with E-state index in [1.54, 1.807) is 23.9 Å². The van der Waals surface area contributed by atoms with Crippen LogP contribution in [0.15, 0.2) is 39.5 Å². The highest BCUT2D eigenvalue weighted by atomic mass is 32.2. The van der Waals surface area contributed by atoms with Crippen LogP contribution < -0.4 is 5.32 Å². The predicted molar refractivity (Wildman–Crippen MR) is 113 cm³/mol. The zero-order valence-corrected chi connectivity index (χ0v) is 17.3. The van der Waals surface area contributed by atoms with Crippen LogP contribution in [0.4, 0.5) is 5.13 Å². The van der Waals surface area contributed by atoms with Gasteiger partial charge < -0.3 is 9.73 Å². The molecule has 1 N–H and O–H groups in total. The number of aromatic nitrogens is 3. The van der Waals surface area contributed by atoms with E-state index in [2.05, 4.69) is 20.3 Å². The SMILES string of the molecule is O=C(CSc1ncnc2sc3c(c12)CCCC3)Nc1nc(-c2ccco2)cs1. The normalized spacial score (nSPS) is 13.6. The van der Waals surface area contributed by atoms with Crippen LogP contribution in [0.5, 0.6) is 0 Å². The minimum Gasteiger partial charge on any atom is -0.463 e. The zero-order chi connectivity index (χ0) is 18.9. The molecule has 6 nitrogen and oxygen atoms in total. The van der Waals surface area contributed by atoms with Crippen molar-refractivity contribution in [1.82, 2.24) is 15.0 Å². The van der Waals surface area contributed by atoms with E-state index < -0.39 is 0 Å². The molecule has 9 heteroatoms. The number of thiophene rings is 1. The van der Waals surface area contributed by atoms with Crippen LogP contribution in [0.25, 0.3) is 21.7 Å². The molecule has 0 spiro atoms. The fraction of sp³-hybridized carbons (Fsp3) is 0.263. The first kappa shape index (κ1) is 17.8. The van der Waals surface area contributed by atoms with Crippen molar-refractivity contribution in [3.8, 4) is 11.5 Å². The zero-order valence-electron chi connectivity index (χ0n) is 14.8. The first-order chi connectivity index (χ1) is 13.8. The van der Waals surface area contributed by atoms with E-state index in [1.165, 1.54) is 46.4 Å². The van der Waals surface area contributed by atoms with Gasteiger partial charge in [-0.1, -0.05) is 11.8 Å². The molecule has 0 aliphatic heterocycles. The van der Waals surface area contributed by atoms with Crippen molar-refractivity contribution >= 4 is 55.7 Å². The van der Waals surface area contributed by atoms with Crippen molar-refractivity contribution in [2.75, 3.05) is 11.1 Å². The van der Waals surface area contributed by atoms with Crippen molar-refractivity contribution < 1.29 is 9.21 Å². The number of amides is 1. The Hall–Kier alpha value is -2.23. The van der Waals surface area contributed by atoms with Crippen LogP contribution in [0, 0.1) is 0 Å². The molecule has 5 rings (SSSR count). The maximum atomic E-state index is 12.4. The molecule has 0 atom stereocenters. The van der Waals surface area contributed by atoms with Crippen molar-refractivity contribution in [2.24, 2.45) is 0 Å². The lowest BCUT2D eigenvalue weighted by Crippen LogP contribution is -2.14. The summed E-state index contributed by atoms with van der Waals surface area (Å²) in [5, 5.41) is 7.35. The summed E-state index contributed by atoms with van der Waals surface area (Å²) < 4.78 is 5.34. The number of carbonyl (C=O) groups is 1. The first-order valence-corrected chi connectivity index (χ1v) is 11.6. The monoisotopic (exact) mass is 428 g/mol. The summed E-state index contributed by atoms with van der Waals surface area (Å²) in [7, 11) is 0. The Morgan fingerprint density at radius 1 is 1.29 bits per heavy atom. The van der Waals surface area contributed by atoms with Crippen LogP contribution in [0.1, 0.15) is 23.3 Å². The highest BCUT2D eigenvalue weighted by Crippen LogP contribution is 2.39. The number of rotatable bonds is 5. The molecular formula is C19H16N4O2S3. The molecule has 4 aromatic rings. The van der Waals surface area contributed by atoms with Crippen LogP contribution in [0.2, 0.25) is 0 Å². The maximum Gasteiger partial charge on any atom is 0.236 e. The Morgan fingerprint density at radius 3 is 3.11 bits per heavy atom. The summed E-state index contributed by atoms with van der Waals surface area (Å²) in [6.07, 6.45) is 7.86. The molecule has 0 radical (unpaired) electrons. The van der Waals surface area contributed by atoms with E-state index in [0.717, 1.165) is 33.8 Å². The Balaban J connectivity index is 1.29. The molecule has 4 heterocycles. The lowest BCUT2D eigenvalue weighted by molar-refractivity contribution is -0.113. The second kappa shape index (κ2) is 7.65. The standard InChI is InChI=1S/C19H16N4O2S3/c24-15(23-19-22-12(8-27-19)13-5-3-7-25-13)9-26-17-16-11-4-1-2-6-14(11)28-18(16)21-10-20-17/h3,5,7-8,10H,1-2,4,6,9H2,(H,22,23,24). The summed E-state index contributed by atoms with van der Waals surface area (Å²) in [5.74, 6) is 0.879. The number of hydrogen-bond donors (Lipinski definition) is 1. The molecule has 28 heavy (non-hydrogen) atoms. The summed E-state index contributed by atoms with van der Waals surface area (Å²) in [4.78, 5) is 28.2. The number of carbonyl (C=O) groups excluding carboxylic acids is 1. The van der Waals surface area contributed by atoms with E-state index in [-0.39, 0.29) is 11.7 Å². The smallest absolute Gasteiger partial charge is 0.236 e. The van der Waals surface area contributed by atoms with Gasteiger partial charge in [0.05, 0.1) is 12.0 Å². The van der Waals surface area contributed by atoms with Crippen LogP contribution in [0.3, 0.4) is 0 Å². The van der Waals surface area contributed by atoms with Crippen LogP contribution in [-0.2, 0) is 17.6 Å². The average molecular weight is 429 g/mol. The van der Waals surface area contributed by atoms with Gasteiger partial charge in [0.25, 0.3) is 0 Å². The van der Waals surface area contributed by atoms with Crippen molar-refractivity contribution in [2.45, 2.75) is 30.7 Å². The molecule has 1 amide bonds. The van der Waals surface area contributed by atoms with Gasteiger partial charge in [-0.05, 0) is 43.4 Å². The van der Waals surface area contributed by atoms with E-state index >= 15 is 0 Å². The number of fused-ring (bicyclic) bond motifs is 3. The lowest BCUT2D eigenvalue weighted by Gasteiger charge is -2.11. The number of hydrogen-bond acceptors (Lipinski definition) is 8. The van der Waals surface area contributed by atoms with Gasteiger partial charge in [-0.2, -0.15) is 0 Å². The van der Waals surface area contributed by atoms with E-state index in [1.807, 2.05) is 17.5 Å². The summed E-state index contributed by atoms with van der Waals surface area (Å²) in [6.45, 7) is 0. The summed E-state index contributed by atoms with van der Waals surface area (Å²) >= 11 is 4.62.